The number of nitrogens with one attached hydrogen (secondary N) is 1. The molecule has 1 amide bonds. The minimum atomic E-state index is -3.80. The molecule has 0 bridgehead atoms. The van der Waals surface area contributed by atoms with Gasteiger partial charge in [0.2, 0.25) is 15.9 Å². The molecule has 1 atom stereocenters. The van der Waals surface area contributed by atoms with E-state index in [0.717, 1.165) is 22.7 Å². The van der Waals surface area contributed by atoms with Gasteiger partial charge in [-0.05, 0) is 30.7 Å². The highest BCUT2D eigenvalue weighted by molar-refractivity contribution is 7.92. The number of anilines is 2. The van der Waals surface area contributed by atoms with Crippen molar-refractivity contribution in [2.24, 2.45) is 0 Å². The van der Waals surface area contributed by atoms with E-state index in [4.69, 9.17) is 0 Å². The summed E-state index contributed by atoms with van der Waals surface area (Å²) in [5, 5.41) is 2.16. The Balaban J connectivity index is 2.40. The zero-order chi connectivity index (χ0) is 18.6. The molecule has 2 aromatic rings. The van der Waals surface area contributed by atoms with Gasteiger partial charge in [-0.3, -0.25) is 9.10 Å². The summed E-state index contributed by atoms with van der Waals surface area (Å²) in [5.41, 5.74) is -0.312. The van der Waals surface area contributed by atoms with Crippen molar-refractivity contribution in [2.75, 3.05) is 15.9 Å². The van der Waals surface area contributed by atoms with Crippen LogP contribution >= 0.6 is 0 Å². The van der Waals surface area contributed by atoms with E-state index in [1.54, 1.807) is 37.3 Å². The Kier molecular flexibility index (Phi) is 5.73. The van der Waals surface area contributed by atoms with E-state index in [0.29, 0.717) is 5.69 Å². The molecule has 0 aromatic heterocycles. The first-order valence-corrected chi connectivity index (χ1v) is 9.40. The van der Waals surface area contributed by atoms with Crippen LogP contribution in [0.4, 0.5) is 20.2 Å². The maximum absolute atomic E-state index is 13.7. The highest BCUT2D eigenvalue weighted by Gasteiger charge is 2.32. The zero-order valence-electron chi connectivity index (χ0n) is 13.7. The van der Waals surface area contributed by atoms with Crippen LogP contribution < -0.4 is 9.62 Å². The fourth-order valence-electron chi connectivity index (χ4n) is 2.46. The fourth-order valence-corrected chi connectivity index (χ4v) is 3.67. The van der Waals surface area contributed by atoms with Gasteiger partial charge >= 0.3 is 0 Å². The number of rotatable bonds is 6. The Bertz CT molecular complexity index is 837. The molecule has 0 spiro atoms. The molecule has 8 heteroatoms. The largest absolute Gasteiger partial charge is 0.319 e. The molecule has 2 aromatic carbocycles. The van der Waals surface area contributed by atoms with Crippen LogP contribution in [-0.4, -0.2) is 26.6 Å². The van der Waals surface area contributed by atoms with E-state index >= 15 is 0 Å². The van der Waals surface area contributed by atoms with Crippen LogP contribution in [0, 0.1) is 11.6 Å². The Morgan fingerprint density at radius 2 is 1.64 bits per heavy atom. The second-order valence-electron chi connectivity index (χ2n) is 5.40. The first-order valence-electron chi connectivity index (χ1n) is 7.55. The molecule has 25 heavy (non-hydrogen) atoms. The molecule has 2 rings (SSSR count). The van der Waals surface area contributed by atoms with Crippen molar-refractivity contribution in [1.82, 2.24) is 0 Å². The normalized spacial score (nSPS) is 12.5. The molecule has 0 radical (unpaired) electrons. The fraction of sp³-hybridized carbons (Fsp3) is 0.235. The van der Waals surface area contributed by atoms with Crippen LogP contribution in [-0.2, 0) is 14.8 Å². The van der Waals surface area contributed by atoms with E-state index in [1.165, 1.54) is 6.07 Å². The van der Waals surface area contributed by atoms with Gasteiger partial charge in [0.05, 0.1) is 11.9 Å². The summed E-state index contributed by atoms with van der Waals surface area (Å²) in [6, 6.07) is 10.1. The van der Waals surface area contributed by atoms with Crippen LogP contribution in [0.25, 0.3) is 0 Å². The first kappa shape index (κ1) is 18.9. The molecule has 0 aliphatic carbocycles. The van der Waals surface area contributed by atoms with Gasteiger partial charge in [0.15, 0.2) is 0 Å². The summed E-state index contributed by atoms with van der Waals surface area (Å²) >= 11 is 0. The predicted octanol–water partition coefficient (Wildman–Crippen LogP) is 3.15. The molecule has 0 fully saturated rings. The number of carbonyl (C=O) groups is 1. The molecule has 0 saturated carbocycles. The summed E-state index contributed by atoms with van der Waals surface area (Å²) in [7, 11) is -3.80. The predicted molar refractivity (Wildman–Crippen MR) is 92.8 cm³/mol. The summed E-state index contributed by atoms with van der Waals surface area (Å²) < 4.78 is 52.9. The van der Waals surface area contributed by atoms with Crippen LogP contribution in [0.15, 0.2) is 48.5 Å². The quantitative estimate of drug-likeness (QED) is 0.852. The van der Waals surface area contributed by atoms with E-state index in [2.05, 4.69) is 5.32 Å². The highest BCUT2D eigenvalue weighted by Crippen LogP contribution is 2.24. The average Bonchev–Trinajstić information content (AvgIpc) is 2.55. The number of nitrogens with zero attached hydrogens (tertiary/aromatic N) is 1. The molecule has 1 N–H and O–H groups in total. The molecular weight excluding hydrogens is 350 g/mol. The number of hydrogen-bond donors (Lipinski definition) is 1. The van der Waals surface area contributed by atoms with Crippen molar-refractivity contribution in [1.29, 1.82) is 0 Å². The van der Waals surface area contributed by atoms with E-state index in [1.807, 2.05) is 0 Å². The van der Waals surface area contributed by atoms with E-state index < -0.39 is 39.3 Å². The lowest BCUT2D eigenvalue weighted by Gasteiger charge is -2.30. The van der Waals surface area contributed by atoms with Crippen LogP contribution in [0.3, 0.4) is 0 Å². The van der Waals surface area contributed by atoms with Crippen molar-refractivity contribution >= 4 is 27.3 Å². The zero-order valence-corrected chi connectivity index (χ0v) is 14.6. The van der Waals surface area contributed by atoms with E-state index in [-0.39, 0.29) is 6.42 Å². The number of sulfonamides is 1. The number of para-hydroxylation sites is 2. The number of amides is 1. The van der Waals surface area contributed by atoms with Gasteiger partial charge in [-0.15, -0.1) is 0 Å². The third-order valence-corrected chi connectivity index (χ3v) is 4.73. The molecule has 134 valence electrons. The number of hydrogen-bond acceptors (Lipinski definition) is 3. The minimum Gasteiger partial charge on any atom is -0.319 e. The number of benzene rings is 2. The molecule has 0 unspecified atom stereocenters. The van der Waals surface area contributed by atoms with Crippen molar-refractivity contribution < 1.29 is 22.0 Å². The van der Waals surface area contributed by atoms with Crippen molar-refractivity contribution in [2.45, 2.75) is 19.4 Å². The van der Waals surface area contributed by atoms with Gasteiger partial charge in [0.1, 0.15) is 23.4 Å². The van der Waals surface area contributed by atoms with Crippen LogP contribution in [0.1, 0.15) is 13.3 Å². The topological polar surface area (TPSA) is 66.5 Å². The van der Waals surface area contributed by atoms with E-state index in [9.17, 15) is 22.0 Å². The Labute approximate surface area is 145 Å². The van der Waals surface area contributed by atoms with Crippen molar-refractivity contribution in [3.8, 4) is 0 Å². The van der Waals surface area contributed by atoms with Crippen molar-refractivity contribution in [3.05, 3.63) is 60.2 Å². The average molecular weight is 368 g/mol. The molecule has 0 aliphatic heterocycles. The van der Waals surface area contributed by atoms with Gasteiger partial charge in [-0.2, -0.15) is 0 Å². The number of carbonyl (C=O) groups excluding carboxylic acids is 1. The minimum absolute atomic E-state index is 0.115. The van der Waals surface area contributed by atoms with Crippen LogP contribution in [0.2, 0.25) is 0 Å². The Morgan fingerprint density at radius 1 is 1.08 bits per heavy atom. The lowest BCUT2D eigenvalue weighted by Crippen LogP contribution is -2.47. The van der Waals surface area contributed by atoms with Gasteiger partial charge in [0, 0.05) is 0 Å². The number of halogens is 2. The second-order valence-corrected chi connectivity index (χ2v) is 7.26. The van der Waals surface area contributed by atoms with Crippen molar-refractivity contribution in [3.63, 3.8) is 0 Å². The van der Waals surface area contributed by atoms with Gasteiger partial charge in [-0.1, -0.05) is 31.2 Å². The highest BCUT2D eigenvalue weighted by atomic mass is 32.2. The summed E-state index contributed by atoms with van der Waals surface area (Å²) in [6.45, 7) is 1.61. The SMILES string of the molecule is CC[C@H](C(=O)Nc1c(F)cccc1F)N(c1ccccc1)S(C)(=O)=O. The summed E-state index contributed by atoms with van der Waals surface area (Å²) in [4.78, 5) is 12.6. The molecular formula is C17H18F2N2O3S. The Morgan fingerprint density at radius 3 is 2.12 bits per heavy atom. The third kappa shape index (κ3) is 4.33. The second kappa shape index (κ2) is 7.60. The van der Waals surface area contributed by atoms with Crippen LogP contribution in [0.5, 0.6) is 0 Å². The monoisotopic (exact) mass is 368 g/mol. The maximum atomic E-state index is 13.7. The molecule has 5 nitrogen and oxygen atoms in total. The molecule has 0 saturated heterocycles. The van der Waals surface area contributed by atoms with Gasteiger partial charge in [-0.25, -0.2) is 17.2 Å². The standard InChI is InChI=1S/C17H18F2N2O3S/c1-3-15(17(22)20-16-13(18)10-7-11-14(16)19)21(25(2,23)24)12-8-5-4-6-9-12/h4-11,15H,3H2,1-2H3,(H,20,22)/t15-/m1/s1. The maximum Gasteiger partial charge on any atom is 0.248 e. The Hall–Kier alpha value is -2.48. The smallest absolute Gasteiger partial charge is 0.248 e. The summed E-state index contributed by atoms with van der Waals surface area (Å²) in [5.74, 6) is -2.69. The molecule has 0 aliphatic rings. The summed E-state index contributed by atoms with van der Waals surface area (Å²) in [6.07, 6.45) is 1.09. The lowest BCUT2D eigenvalue weighted by molar-refractivity contribution is -0.117. The van der Waals surface area contributed by atoms with Gasteiger partial charge in [0.25, 0.3) is 0 Å². The van der Waals surface area contributed by atoms with Gasteiger partial charge < -0.3 is 5.32 Å². The lowest BCUT2D eigenvalue weighted by atomic mass is 10.1. The third-order valence-electron chi connectivity index (χ3n) is 3.55. The first-order chi connectivity index (χ1) is 11.8. The molecule has 0 heterocycles.